The van der Waals surface area contributed by atoms with Gasteiger partial charge in [-0.2, -0.15) is 0 Å². The van der Waals surface area contributed by atoms with E-state index in [0.29, 0.717) is 11.8 Å². The Bertz CT molecular complexity index is 215. The van der Waals surface area contributed by atoms with Gasteiger partial charge >= 0.3 is 0 Å². The second-order valence-corrected chi connectivity index (χ2v) is 4.34. The van der Waals surface area contributed by atoms with Crippen molar-refractivity contribution in [1.29, 1.82) is 0 Å². The van der Waals surface area contributed by atoms with Crippen LogP contribution in [0, 0.1) is 17.8 Å². The lowest BCUT2D eigenvalue weighted by molar-refractivity contribution is -0.128. The van der Waals surface area contributed by atoms with Gasteiger partial charge in [-0.05, 0) is 31.1 Å². The Balaban J connectivity index is 2.03. The lowest BCUT2D eigenvalue weighted by Crippen LogP contribution is -2.41. The predicted molar refractivity (Wildman–Crippen MR) is 49.2 cm³/mol. The first-order valence-corrected chi connectivity index (χ1v) is 5.01. The molecule has 0 aliphatic heterocycles. The summed E-state index contributed by atoms with van der Waals surface area (Å²) in [6.07, 6.45) is 3.59. The number of carbonyl (C=O) groups is 1. The van der Waals surface area contributed by atoms with Crippen LogP contribution in [0.25, 0.3) is 0 Å². The Labute approximate surface area is 78.6 Å². The number of methoxy groups -OCH3 is 1. The van der Waals surface area contributed by atoms with Crippen LogP contribution in [0.3, 0.4) is 0 Å². The zero-order valence-corrected chi connectivity index (χ0v) is 8.03. The maximum Gasteiger partial charge on any atom is 0.163 e. The van der Waals surface area contributed by atoms with Crippen molar-refractivity contribution in [2.45, 2.75) is 25.3 Å². The highest BCUT2D eigenvalue weighted by Gasteiger charge is 2.48. The molecule has 0 aromatic carbocycles. The third kappa shape index (κ3) is 1.40. The second-order valence-electron chi connectivity index (χ2n) is 4.34. The molecule has 3 heteroatoms. The summed E-state index contributed by atoms with van der Waals surface area (Å²) in [6, 6.07) is 0.112. The van der Waals surface area contributed by atoms with Crippen LogP contribution in [0.15, 0.2) is 0 Å². The van der Waals surface area contributed by atoms with Gasteiger partial charge in [0.15, 0.2) is 5.78 Å². The molecule has 74 valence electrons. The van der Waals surface area contributed by atoms with E-state index in [4.69, 9.17) is 10.5 Å². The molecule has 3 nitrogen and oxygen atoms in total. The van der Waals surface area contributed by atoms with E-state index < -0.39 is 0 Å². The summed E-state index contributed by atoms with van der Waals surface area (Å²) in [5.74, 6) is 1.47. The molecule has 4 unspecified atom stereocenters. The Morgan fingerprint density at radius 2 is 2.15 bits per heavy atom. The van der Waals surface area contributed by atoms with E-state index in [9.17, 15) is 4.79 Å². The molecule has 2 N–H and O–H groups in total. The molecule has 0 amide bonds. The SMILES string of the molecule is COCC(=O)C1C2CCC(C2)C1N. The summed E-state index contributed by atoms with van der Waals surface area (Å²) in [4.78, 5) is 11.6. The number of carbonyl (C=O) groups excluding carboxylic acids is 1. The van der Waals surface area contributed by atoms with Gasteiger partial charge in [0.25, 0.3) is 0 Å². The smallest absolute Gasteiger partial charge is 0.163 e. The molecular weight excluding hydrogens is 166 g/mol. The van der Waals surface area contributed by atoms with Crippen LogP contribution in [-0.4, -0.2) is 25.5 Å². The van der Waals surface area contributed by atoms with E-state index in [1.165, 1.54) is 19.3 Å². The number of fused-ring (bicyclic) bond motifs is 2. The minimum absolute atomic E-state index is 0.0960. The highest BCUT2D eigenvalue weighted by molar-refractivity contribution is 5.83. The zero-order valence-electron chi connectivity index (χ0n) is 8.03. The van der Waals surface area contributed by atoms with Crippen molar-refractivity contribution in [3.63, 3.8) is 0 Å². The molecular formula is C10H17NO2. The fourth-order valence-electron chi connectivity index (χ4n) is 3.05. The molecule has 2 fully saturated rings. The quantitative estimate of drug-likeness (QED) is 0.696. The number of hydrogen-bond donors (Lipinski definition) is 1. The van der Waals surface area contributed by atoms with Gasteiger partial charge in [0.2, 0.25) is 0 Å². The van der Waals surface area contributed by atoms with Crippen molar-refractivity contribution in [1.82, 2.24) is 0 Å². The van der Waals surface area contributed by atoms with Crippen molar-refractivity contribution in [2.75, 3.05) is 13.7 Å². The van der Waals surface area contributed by atoms with E-state index in [0.717, 1.165) is 0 Å². The van der Waals surface area contributed by atoms with Crippen molar-refractivity contribution in [3.05, 3.63) is 0 Å². The number of ketones is 1. The van der Waals surface area contributed by atoms with Gasteiger partial charge in [-0.1, -0.05) is 0 Å². The zero-order chi connectivity index (χ0) is 9.42. The molecule has 0 aromatic rings. The van der Waals surface area contributed by atoms with Crippen molar-refractivity contribution >= 4 is 5.78 Å². The van der Waals surface area contributed by atoms with Crippen molar-refractivity contribution < 1.29 is 9.53 Å². The highest BCUT2D eigenvalue weighted by atomic mass is 16.5. The van der Waals surface area contributed by atoms with Crippen LogP contribution in [0.4, 0.5) is 0 Å². The first kappa shape index (κ1) is 9.16. The largest absolute Gasteiger partial charge is 0.377 e. The van der Waals surface area contributed by atoms with Crippen LogP contribution >= 0.6 is 0 Å². The highest BCUT2D eigenvalue weighted by Crippen LogP contribution is 2.47. The minimum atomic E-state index is 0.0960. The third-order valence-corrected chi connectivity index (χ3v) is 3.64. The van der Waals surface area contributed by atoms with E-state index in [2.05, 4.69) is 0 Å². The van der Waals surface area contributed by atoms with Gasteiger partial charge in [-0.15, -0.1) is 0 Å². The van der Waals surface area contributed by atoms with Crippen LogP contribution in [0.5, 0.6) is 0 Å². The van der Waals surface area contributed by atoms with Crippen LogP contribution < -0.4 is 5.73 Å². The summed E-state index contributed by atoms with van der Waals surface area (Å²) in [5.41, 5.74) is 6.02. The number of Topliss-reactive ketones (excluding diaryl/α,β-unsaturated/α-hetero) is 1. The summed E-state index contributed by atoms with van der Waals surface area (Å²) >= 11 is 0. The maximum absolute atomic E-state index is 11.6. The second kappa shape index (κ2) is 3.39. The van der Waals surface area contributed by atoms with E-state index in [1.807, 2.05) is 0 Å². The number of hydrogen-bond acceptors (Lipinski definition) is 3. The van der Waals surface area contributed by atoms with Crippen molar-refractivity contribution in [3.8, 4) is 0 Å². The Morgan fingerprint density at radius 1 is 1.46 bits per heavy atom. The molecule has 2 bridgehead atoms. The number of nitrogens with two attached hydrogens (primary N) is 1. The van der Waals surface area contributed by atoms with E-state index in [-0.39, 0.29) is 24.3 Å². The summed E-state index contributed by atoms with van der Waals surface area (Å²) in [5, 5.41) is 0. The molecule has 2 rings (SSSR count). The van der Waals surface area contributed by atoms with E-state index >= 15 is 0 Å². The molecule has 2 saturated carbocycles. The molecule has 2 aliphatic rings. The van der Waals surface area contributed by atoms with Gasteiger partial charge in [0.05, 0.1) is 0 Å². The van der Waals surface area contributed by atoms with Gasteiger partial charge < -0.3 is 10.5 Å². The molecule has 0 saturated heterocycles. The number of rotatable bonds is 3. The standard InChI is InChI=1S/C10H17NO2/c1-13-5-8(12)9-6-2-3-7(4-6)10(9)11/h6-7,9-10H,2-5,11H2,1H3. The molecule has 0 radical (unpaired) electrons. The van der Waals surface area contributed by atoms with Crippen LogP contribution in [-0.2, 0) is 9.53 Å². The fourth-order valence-corrected chi connectivity index (χ4v) is 3.05. The van der Waals surface area contributed by atoms with Gasteiger partial charge in [0.1, 0.15) is 6.61 Å². The molecule has 0 spiro atoms. The molecule has 13 heavy (non-hydrogen) atoms. The maximum atomic E-state index is 11.6. The van der Waals surface area contributed by atoms with Gasteiger partial charge in [0, 0.05) is 19.1 Å². The average Bonchev–Trinajstić information content (AvgIpc) is 2.63. The number of ether oxygens (including phenoxy) is 1. The minimum Gasteiger partial charge on any atom is -0.377 e. The fraction of sp³-hybridized carbons (Fsp3) is 0.900. The first-order chi connectivity index (χ1) is 6.24. The Morgan fingerprint density at radius 3 is 2.69 bits per heavy atom. The van der Waals surface area contributed by atoms with Crippen LogP contribution in [0.2, 0.25) is 0 Å². The predicted octanol–water partition coefficient (Wildman–Crippen LogP) is 0.575. The van der Waals surface area contributed by atoms with Crippen LogP contribution in [0.1, 0.15) is 19.3 Å². The van der Waals surface area contributed by atoms with Crippen molar-refractivity contribution in [2.24, 2.45) is 23.5 Å². The topological polar surface area (TPSA) is 52.3 Å². The molecule has 2 aliphatic carbocycles. The Hall–Kier alpha value is -0.410. The lowest BCUT2D eigenvalue weighted by atomic mass is 9.82. The summed E-state index contributed by atoms with van der Waals surface area (Å²) in [6.45, 7) is 0.238. The lowest BCUT2D eigenvalue weighted by Gasteiger charge is -2.26. The van der Waals surface area contributed by atoms with Gasteiger partial charge in [-0.25, -0.2) is 0 Å². The molecule has 0 aromatic heterocycles. The molecule has 0 heterocycles. The summed E-state index contributed by atoms with van der Waals surface area (Å²) in [7, 11) is 1.57. The summed E-state index contributed by atoms with van der Waals surface area (Å²) < 4.78 is 4.87. The normalized spacial score (nSPS) is 42.6. The average molecular weight is 183 g/mol. The van der Waals surface area contributed by atoms with E-state index in [1.54, 1.807) is 7.11 Å². The molecule has 4 atom stereocenters. The third-order valence-electron chi connectivity index (χ3n) is 3.64. The van der Waals surface area contributed by atoms with Gasteiger partial charge in [-0.3, -0.25) is 4.79 Å². The first-order valence-electron chi connectivity index (χ1n) is 5.01. The monoisotopic (exact) mass is 183 g/mol. The Kier molecular flexibility index (Phi) is 2.39.